The van der Waals surface area contributed by atoms with E-state index in [-0.39, 0.29) is 12.0 Å². The summed E-state index contributed by atoms with van der Waals surface area (Å²) in [6, 6.07) is 7.75. The summed E-state index contributed by atoms with van der Waals surface area (Å²) in [5.74, 6) is 0.617. The maximum Gasteiger partial charge on any atom is 0.136 e. The van der Waals surface area contributed by atoms with E-state index < -0.39 is 0 Å². The van der Waals surface area contributed by atoms with E-state index in [0.29, 0.717) is 11.3 Å². The summed E-state index contributed by atoms with van der Waals surface area (Å²) < 4.78 is 5.22. The van der Waals surface area contributed by atoms with E-state index in [1.807, 2.05) is 12.1 Å². The van der Waals surface area contributed by atoms with Crippen LogP contribution < -0.4 is 10.1 Å². The van der Waals surface area contributed by atoms with E-state index in [0.717, 1.165) is 31.5 Å². The molecule has 0 bridgehead atoms. The zero-order chi connectivity index (χ0) is 15.1. The van der Waals surface area contributed by atoms with Crippen LogP contribution in [0.4, 0.5) is 0 Å². The molecule has 4 nitrogen and oxygen atoms in total. The molecule has 2 N–H and O–H groups in total. The van der Waals surface area contributed by atoms with Crippen molar-refractivity contribution in [2.75, 3.05) is 20.3 Å². The second-order valence-electron chi connectivity index (χ2n) is 5.97. The van der Waals surface area contributed by atoms with Gasteiger partial charge in [-0.2, -0.15) is 5.26 Å². The maximum absolute atomic E-state index is 9.69. The number of ether oxygens (including phenoxy) is 1. The number of benzene rings is 1. The zero-order valence-corrected chi connectivity index (χ0v) is 12.7. The Labute approximate surface area is 126 Å². The van der Waals surface area contributed by atoms with Crippen molar-refractivity contribution in [1.29, 1.82) is 5.26 Å². The van der Waals surface area contributed by atoms with Crippen LogP contribution in [-0.4, -0.2) is 25.4 Å². The third-order valence-electron chi connectivity index (χ3n) is 4.47. The van der Waals surface area contributed by atoms with Gasteiger partial charge in [0.15, 0.2) is 0 Å². The molecule has 1 aromatic carbocycles. The first kappa shape index (κ1) is 15.8. The van der Waals surface area contributed by atoms with Gasteiger partial charge in [0.25, 0.3) is 0 Å². The van der Waals surface area contributed by atoms with Crippen LogP contribution in [0.1, 0.15) is 43.2 Å². The van der Waals surface area contributed by atoms with Gasteiger partial charge in [0, 0.05) is 25.1 Å². The van der Waals surface area contributed by atoms with Crippen molar-refractivity contribution in [2.45, 2.75) is 38.6 Å². The fourth-order valence-corrected chi connectivity index (χ4v) is 3.10. The largest absolute Gasteiger partial charge is 0.495 e. The second-order valence-corrected chi connectivity index (χ2v) is 5.97. The first-order valence-electron chi connectivity index (χ1n) is 7.62. The van der Waals surface area contributed by atoms with Gasteiger partial charge in [-0.1, -0.05) is 25.3 Å². The van der Waals surface area contributed by atoms with Gasteiger partial charge in [-0.05, 0) is 30.5 Å². The molecular formula is C17H24N2O2. The standard InChI is InChI=1S/C17H24N2O2/c1-21-16-9-14(5-6-15(16)10-18)11-19-12-17(13-20)7-3-2-4-8-17/h5-6,9,19-20H,2-4,7-8,11-13H2,1H3. The van der Waals surface area contributed by atoms with Crippen LogP contribution in [0, 0.1) is 16.7 Å². The number of aliphatic hydroxyl groups excluding tert-OH is 1. The number of rotatable bonds is 6. The number of nitriles is 1. The molecule has 0 saturated heterocycles. The minimum atomic E-state index is 0.0505. The molecule has 2 rings (SSSR count). The van der Waals surface area contributed by atoms with Crippen molar-refractivity contribution in [2.24, 2.45) is 5.41 Å². The highest BCUT2D eigenvalue weighted by molar-refractivity contribution is 5.45. The molecule has 0 spiro atoms. The molecule has 4 heteroatoms. The van der Waals surface area contributed by atoms with Crippen LogP contribution in [-0.2, 0) is 6.54 Å². The minimum absolute atomic E-state index is 0.0505. The summed E-state index contributed by atoms with van der Waals surface area (Å²) in [5.41, 5.74) is 1.70. The topological polar surface area (TPSA) is 65.3 Å². The van der Waals surface area contributed by atoms with Crippen LogP contribution in [0.2, 0.25) is 0 Å². The molecule has 0 amide bonds. The molecule has 1 aliphatic rings. The number of hydrogen-bond donors (Lipinski definition) is 2. The molecule has 0 aliphatic heterocycles. The van der Waals surface area contributed by atoms with Gasteiger partial charge in [-0.15, -0.1) is 0 Å². The summed E-state index contributed by atoms with van der Waals surface area (Å²) in [4.78, 5) is 0. The van der Waals surface area contributed by atoms with Crippen molar-refractivity contribution in [3.05, 3.63) is 29.3 Å². The Kier molecular flexibility index (Phi) is 5.60. The third kappa shape index (κ3) is 3.96. The molecule has 0 radical (unpaired) electrons. The lowest BCUT2D eigenvalue weighted by Crippen LogP contribution is -2.38. The fraction of sp³-hybridized carbons (Fsp3) is 0.588. The van der Waals surface area contributed by atoms with Crippen LogP contribution in [0.5, 0.6) is 5.75 Å². The van der Waals surface area contributed by atoms with Crippen LogP contribution in [0.15, 0.2) is 18.2 Å². The van der Waals surface area contributed by atoms with Gasteiger partial charge in [0.05, 0.1) is 12.7 Å². The lowest BCUT2D eigenvalue weighted by atomic mass is 9.74. The summed E-state index contributed by atoms with van der Waals surface area (Å²) in [6.07, 6.45) is 5.93. The van der Waals surface area contributed by atoms with Gasteiger partial charge in [0.2, 0.25) is 0 Å². The van der Waals surface area contributed by atoms with Gasteiger partial charge in [-0.25, -0.2) is 0 Å². The molecule has 114 valence electrons. The third-order valence-corrected chi connectivity index (χ3v) is 4.47. The second kappa shape index (κ2) is 7.44. The number of hydrogen-bond acceptors (Lipinski definition) is 4. The molecule has 0 heterocycles. The summed E-state index contributed by atoms with van der Waals surface area (Å²) in [6.45, 7) is 1.83. The lowest BCUT2D eigenvalue weighted by molar-refractivity contribution is 0.0810. The van der Waals surface area contributed by atoms with E-state index in [1.165, 1.54) is 19.3 Å². The quantitative estimate of drug-likeness (QED) is 0.844. The van der Waals surface area contributed by atoms with Crippen molar-refractivity contribution >= 4 is 0 Å². The molecule has 0 aromatic heterocycles. The average molecular weight is 288 g/mol. The van der Waals surface area contributed by atoms with E-state index in [9.17, 15) is 5.11 Å². The molecule has 1 saturated carbocycles. The highest BCUT2D eigenvalue weighted by Crippen LogP contribution is 2.35. The number of nitrogens with zero attached hydrogens (tertiary/aromatic N) is 1. The zero-order valence-electron chi connectivity index (χ0n) is 12.7. The SMILES string of the molecule is COc1cc(CNCC2(CO)CCCCC2)ccc1C#N. The van der Waals surface area contributed by atoms with Crippen molar-refractivity contribution < 1.29 is 9.84 Å². The molecule has 1 fully saturated rings. The highest BCUT2D eigenvalue weighted by Gasteiger charge is 2.30. The molecule has 1 aromatic rings. The lowest BCUT2D eigenvalue weighted by Gasteiger charge is -2.35. The van der Waals surface area contributed by atoms with Crippen LogP contribution >= 0.6 is 0 Å². The monoisotopic (exact) mass is 288 g/mol. The number of nitrogens with one attached hydrogen (secondary N) is 1. The molecule has 1 aliphatic carbocycles. The molecule has 0 atom stereocenters. The van der Waals surface area contributed by atoms with Crippen LogP contribution in [0.3, 0.4) is 0 Å². The van der Waals surface area contributed by atoms with Crippen molar-refractivity contribution in [3.63, 3.8) is 0 Å². The number of methoxy groups -OCH3 is 1. The minimum Gasteiger partial charge on any atom is -0.495 e. The maximum atomic E-state index is 9.69. The fourth-order valence-electron chi connectivity index (χ4n) is 3.10. The van der Waals surface area contributed by atoms with E-state index in [4.69, 9.17) is 10.00 Å². The average Bonchev–Trinajstić information content (AvgIpc) is 2.55. The normalized spacial score (nSPS) is 17.2. The molecule has 0 unspecified atom stereocenters. The van der Waals surface area contributed by atoms with E-state index in [1.54, 1.807) is 13.2 Å². The van der Waals surface area contributed by atoms with E-state index >= 15 is 0 Å². The Morgan fingerprint density at radius 1 is 1.33 bits per heavy atom. The summed E-state index contributed by atoms with van der Waals surface area (Å²) in [5, 5.41) is 22.1. The first-order valence-corrected chi connectivity index (χ1v) is 7.62. The van der Waals surface area contributed by atoms with Crippen LogP contribution in [0.25, 0.3) is 0 Å². The molecular weight excluding hydrogens is 264 g/mol. The Morgan fingerprint density at radius 3 is 2.71 bits per heavy atom. The smallest absolute Gasteiger partial charge is 0.136 e. The van der Waals surface area contributed by atoms with Gasteiger partial charge < -0.3 is 15.2 Å². The van der Waals surface area contributed by atoms with Crippen molar-refractivity contribution in [3.8, 4) is 11.8 Å². The Balaban J connectivity index is 1.92. The first-order chi connectivity index (χ1) is 10.2. The summed E-state index contributed by atoms with van der Waals surface area (Å²) >= 11 is 0. The Hall–Kier alpha value is -1.57. The Bertz CT molecular complexity index is 502. The van der Waals surface area contributed by atoms with Gasteiger partial charge >= 0.3 is 0 Å². The predicted molar refractivity (Wildman–Crippen MR) is 82.0 cm³/mol. The Morgan fingerprint density at radius 2 is 2.10 bits per heavy atom. The number of aliphatic hydroxyl groups is 1. The van der Waals surface area contributed by atoms with E-state index in [2.05, 4.69) is 11.4 Å². The highest BCUT2D eigenvalue weighted by atomic mass is 16.5. The van der Waals surface area contributed by atoms with Gasteiger partial charge in [-0.3, -0.25) is 0 Å². The van der Waals surface area contributed by atoms with Gasteiger partial charge in [0.1, 0.15) is 11.8 Å². The summed E-state index contributed by atoms with van der Waals surface area (Å²) in [7, 11) is 1.58. The predicted octanol–water partition coefficient (Wildman–Crippen LogP) is 2.60. The van der Waals surface area contributed by atoms with Crippen molar-refractivity contribution in [1.82, 2.24) is 5.32 Å². The molecule has 21 heavy (non-hydrogen) atoms.